The van der Waals surface area contributed by atoms with Crippen molar-refractivity contribution in [3.8, 4) is 23.6 Å². The molecule has 0 unspecified atom stereocenters. The number of nitriles is 2. The van der Waals surface area contributed by atoms with Gasteiger partial charge in [-0.25, -0.2) is 9.78 Å². The molecule has 1 aliphatic heterocycles. The lowest BCUT2D eigenvalue weighted by Crippen LogP contribution is -2.59. The fourth-order valence-electron chi connectivity index (χ4n) is 8.14. The number of methoxy groups -OCH3 is 2. The molecule has 13 nitrogen and oxygen atoms in total. The Balaban J connectivity index is 1.10. The van der Waals surface area contributed by atoms with E-state index in [1.165, 1.54) is 11.3 Å². The number of rotatable bonds is 11. The highest BCUT2D eigenvalue weighted by atomic mass is 35.5. The Kier molecular flexibility index (Phi) is 10.6. The van der Waals surface area contributed by atoms with Gasteiger partial charge in [0.15, 0.2) is 0 Å². The maximum absolute atomic E-state index is 12.7. The molecule has 4 aromatic heterocycles. The smallest absolute Gasteiger partial charge is 0.412 e. The summed E-state index contributed by atoms with van der Waals surface area (Å²) in [7, 11) is 3.30. The van der Waals surface area contributed by atoms with Gasteiger partial charge in [0, 0.05) is 54.4 Å². The number of aryl methyl sites for hydroxylation is 1. The average molecular weight is 828 g/mol. The van der Waals surface area contributed by atoms with E-state index in [4.69, 9.17) is 30.8 Å². The van der Waals surface area contributed by atoms with Crippen molar-refractivity contribution in [1.82, 2.24) is 19.5 Å². The molecule has 2 aromatic carbocycles. The number of nitrogens with one attached hydrogen (secondary N) is 1. The Labute approximate surface area is 351 Å². The van der Waals surface area contributed by atoms with Crippen LogP contribution in [0.1, 0.15) is 65.4 Å². The molecule has 2 aliphatic rings. The van der Waals surface area contributed by atoms with Crippen LogP contribution in [0.4, 0.5) is 21.4 Å². The molecule has 0 saturated carbocycles. The first-order chi connectivity index (χ1) is 28.4. The Bertz CT molecular complexity index is 2580. The van der Waals surface area contributed by atoms with Crippen LogP contribution in [0.5, 0.6) is 11.5 Å². The third kappa shape index (κ3) is 7.81. The van der Waals surface area contributed by atoms with E-state index >= 15 is 0 Å². The van der Waals surface area contributed by atoms with Crippen LogP contribution in [0.15, 0.2) is 73.1 Å². The number of carbonyl (C=O) groups is 1. The maximum atomic E-state index is 12.7. The summed E-state index contributed by atoms with van der Waals surface area (Å²) in [6, 6.07) is 24.7. The van der Waals surface area contributed by atoms with Gasteiger partial charge in [-0.1, -0.05) is 30.3 Å². The van der Waals surface area contributed by atoms with E-state index in [2.05, 4.69) is 37.2 Å². The first-order valence-corrected chi connectivity index (χ1v) is 20.3. The molecule has 8 rings (SSSR count). The van der Waals surface area contributed by atoms with Crippen molar-refractivity contribution in [2.75, 3.05) is 42.4 Å². The third-order valence-electron chi connectivity index (χ3n) is 10.7. The zero-order valence-electron chi connectivity index (χ0n) is 33.4. The lowest BCUT2D eigenvalue weighted by Gasteiger charge is -2.49. The van der Waals surface area contributed by atoms with E-state index in [1.807, 2.05) is 65.2 Å². The van der Waals surface area contributed by atoms with E-state index in [-0.39, 0.29) is 10.7 Å². The summed E-state index contributed by atoms with van der Waals surface area (Å²) in [5.41, 5.74) is 4.51. The van der Waals surface area contributed by atoms with Gasteiger partial charge in [-0.05, 0) is 92.2 Å². The second-order valence-electron chi connectivity index (χ2n) is 15.8. The fourth-order valence-corrected chi connectivity index (χ4v) is 9.56. The summed E-state index contributed by atoms with van der Waals surface area (Å²) in [6.45, 7) is 8.02. The van der Waals surface area contributed by atoms with Crippen LogP contribution in [0, 0.1) is 22.7 Å². The molecule has 0 bridgehead atoms. The predicted octanol–water partition coefficient (Wildman–Crippen LogP) is 8.61. The zero-order chi connectivity index (χ0) is 41.5. The second kappa shape index (κ2) is 15.8. The minimum atomic E-state index is -0.672. The minimum Gasteiger partial charge on any atom is -0.497 e. The molecule has 5 heterocycles. The van der Waals surface area contributed by atoms with Gasteiger partial charge < -0.3 is 28.6 Å². The molecule has 15 heteroatoms. The predicted molar refractivity (Wildman–Crippen MR) is 228 cm³/mol. The quantitative estimate of drug-likeness (QED) is 0.125. The topological polar surface area (TPSA) is 154 Å². The third-order valence-corrected chi connectivity index (χ3v) is 12.1. The van der Waals surface area contributed by atoms with Crippen LogP contribution in [0.3, 0.4) is 0 Å². The van der Waals surface area contributed by atoms with Gasteiger partial charge in [0.1, 0.15) is 51.5 Å². The van der Waals surface area contributed by atoms with Crippen LogP contribution >= 0.6 is 22.9 Å². The fraction of sp³-hybridized carbons (Fsp3) is 0.318. The summed E-state index contributed by atoms with van der Waals surface area (Å²) < 4.78 is 18.2. The summed E-state index contributed by atoms with van der Waals surface area (Å²) in [4.78, 5) is 32.4. The van der Waals surface area contributed by atoms with Gasteiger partial charge >= 0.3 is 6.09 Å². The summed E-state index contributed by atoms with van der Waals surface area (Å²) in [5, 5.41) is 24.8. The van der Waals surface area contributed by atoms with Gasteiger partial charge in [-0.15, -0.1) is 11.3 Å². The molecule has 1 aliphatic carbocycles. The number of carbonyl (C=O) groups excluding carboxylic acids is 1. The van der Waals surface area contributed by atoms with Gasteiger partial charge in [-0.2, -0.15) is 20.5 Å². The van der Waals surface area contributed by atoms with Gasteiger partial charge in [0.05, 0.1) is 37.3 Å². The van der Waals surface area contributed by atoms with Crippen molar-refractivity contribution in [3.05, 3.63) is 117 Å². The summed E-state index contributed by atoms with van der Waals surface area (Å²) in [5.74, 6) is 2.92. The molecule has 300 valence electrons. The molecule has 1 amide bonds. The van der Waals surface area contributed by atoms with Crippen LogP contribution in [0.25, 0.3) is 11.0 Å². The maximum Gasteiger partial charge on any atom is 0.412 e. The number of fused-ring (bicyclic) bond motifs is 3. The van der Waals surface area contributed by atoms with E-state index in [1.54, 1.807) is 47.4 Å². The number of amides is 1. The molecule has 1 N–H and O–H groups in total. The van der Waals surface area contributed by atoms with E-state index in [9.17, 15) is 15.3 Å². The Hall–Kier alpha value is -6.35. The minimum absolute atomic E-state index is 0.0635. The molecule has 6 aromatic rings. The number of ether oxygens (including phenoxy) is 3. The first kappa shape index (κ1) is 39.5. The van der Waals surface area contributed by atoms with Crippen molar-refractivity contribution in [2.24, 2.45) is 0 Å². The first-order valence-electron chi connectivity index (χ1n) is 19.1. The van der Waals surface area contributed by atoms with Gasteiger partial charge in [0.25, 0.3) is 0 Å². The number of anilines is 3. The summed E-state index contributed by atoms with van der Waals surface area (Å²) in [6.07, 6.45) is 4.64. The number of thiophene rings is 1. The van der Waals surface area contributed by atoms with Gasteiger partial charge in [0.2, 0.25) is 5.28 Å². The number of benzene rings is 2. The zero-order valence-corrected chi connectivity index (χ0v) is 34.9. The highest BCUT2D eigenvalue weighted by Crippen LogP contribution is 2.53. The molecular formula is C44H42ClN9O4S. The normalized spacial score (nSPS) is 14.0. The summed E-state index contributed by atoms with van der Waals surface area (Å²) >= 11 is 8.12. The molecule has 1 saturated heterocycles. The monoisotopic (exact) mass is 827 g/mol. The van der Waals surface area contributed by atoms with Crippen LogP contribution in [0.2, 0.25) is 5.28 Å². The number of hydrogen-bond acceptors (Lipinski definition) is 12. The lowest BCUT2D eigenvalue weighted by atomic mass is 9.74. The molecule has 59 heavy (non-hydrogen) atoms. The Morgan fingerprint density at radius 3 is 2.24 bits per heavy atom. The van der Waals surface area contributed by atoms with Crippen molar-refractivity contribution in [2.45, 2.75) is 64.3 Å². The van der Waals surface area contributed by atoms with Crippen molar-refractivity contribution < 1.29 is 19.0 Å². The molecule has 0 radical (unpaired) electrons. The lowest BCUT2D eigenvalue weighted by molar-refractivity contribution is 0.0636. The number of hydrogen-bond donors (Lipinski definition) is 1. The highest BCUT2D eigenvalue weighted by Gasteiger charge is 2.52. The van der Waals surface area contributed by atoms with E-state index < -0.39 is 11.7 Å². The van der Waals surface area contributed by atoms with Crippen molar-refractivity contribution in [1.29, 1.82) is 10.5 Å². The number of pyridine rings is 1. The van der Waals surface area contributed by atoms with Gasteiger partial charge in [-0.3, -0.25) is 5.32 Å². The standard InChI is InChI=1S/C44H42ClN9O4S/c1-43(2,3)58-42(55)51-40-33(20-47)36-34(59-40)16-17-44(36)25-54(26-44)39-35-30(19-46)24-53(38(35)49-41(45)50-39)23-29-7-6-18-48-37(29)52(21-27-8-12-31(56-4)13-9-27)22-28-10-14-32(57-5)15-11-28/h6-15,18,24H,16-17,21-23,25-26H2,1-5H3,(H,51,55). The van der Waals surface area contributed by atoms with Crippen LogP contribution in [-0.2, 0) is 36.2 Å². The second-order valence-corrected chi connectivity index (χ2v) is 17.3. The number of halogens is 1. The van der Waals surface area contributed by atoms with Crippen LogP contribution in [-0.4, -0.2) is 58.5 Å². The molecule has 1 spiro atoms. The molecule has 1 fully saturated rings. The van der Waals surface area contributed by atoms with Crippen molar-refractivity contribution in [3.63, 3.8) is 0 Å². The largest absolute Gasteiger partial charge is 0.497 e. The number of nitrogens with zero attached hydrogens (tertiary/aromatic N) is 8. The SMILES string of the molecule is COc1ccc(CN(Cc2ccc(OC)cc2)c2ncccc2Cn2cc(C#N)c3c(N4CC5(CCc6sc(NC(=O)OC(C)(C)C)c(C#N)c65)C4)nc(Cl)nc32)cc1. The van der Waals surface area contributed by atoms with Crippen molar-refractivity contribution >= 4 is 56.7 Å². The Morgan fingerprint density at radius 2 is 1.64 bits per heavy atom. The van der Waals surface area contributed by atoms with Crippen LogP contribution < -0.4 is 24.6 Å². The highest BCUT2D eigenvalue weighted by molar-refractivity contribution is 7.16. The molecular weight excluding hydrogens is 786 g/mol. The molecule has 0 atom stereocenters. The average Bonchev–Trinajstić information content (AvgIpc) is 3.86. The Morgan fingerprint density at radius 1 is 0.983 bits per heavy atom. The van der Waals surface area contributed by atoms with E-state index in [0.717, 1.165) is 57.3 Å². The number of aromatic nitrogens is 4. The van der Waals surface area contributed by atoms with E-state index in [0.29, 0.717) is 65.7 Å².